The number of alkyl halides is 6. The number of nitrogens with one attached hydrogen (secondary N) is 1. The first-order valence-corrected chi connectivity index (χ1v) is 16.4. The number of rotatable bonds is 9. The zero-order chi connectivity index (χ0) is 36.5. The molecule has 1 N–H and O–H groups in total. The van der Waals surface area contributed by atoms with Crippen LogP contribution >= 0.6 is 0 Å². The molecule has 0 saturated heterocycles. The van der Waals surface area contributed by atoms with Gasteiger partial charge in [-0.05, 0) is 79.8 Å². The minimum Gasteiger partial charge on any atom is -0.349 e. The fraction of sp³-hybridized carbons (Fsp3) is 0.294. The lowest BCUT2D eigenvalue weighted by Crippen LogP contribution is -2.56. The van der Waals surface area contributed by atoms with Gasteiger partial charge in [0.25, 0.3) is 11.5 Å². The molecule has 0 atom stereocenters. The highest BCUT2D eigenvalue weighted by Gasteiger charge is 2.73. The molecule has 0 unspecified atom stereocenters. The first kappa shape index (κ1) is 36.8. The van der Waals surface area contributed by atoms with E-state index in [4.69, 9.17) is 0 Å². The molecule has 5 rings (SSSR count). The zero-order valence-corrected chi connectivity index (χ0v) is 26.5. The second-order valence-corrected chi connectivity index (χ2v) is 13.9. The van der Waals surface area contributed by atoms with Crippen LogP contribution in [0.1, 0.15) is 52.7 Å². The molecule has 1 aromatic heterocycles. The summed E-state index contributed by atoms with van der Waals surface area (Å²) in [6.45, 7) is -1.76. The summed E-state index contributed by atoms with van der Waals surface area (Å²) >= 11 is 0. The number of carbonyl (C=O) groups excluding carboxylic acids is 1. The monoisotopic (exact) mass is 730 g/mol. The first-order chi connectivity index (χ1) is 23.4. The lowest BCUT2D eigenvalue weighted by Gasteiger charge is -2.41. The van der Waals surface area contributed by atoms with E-state index in [1.165, 1.54) is 24.5 Å². The van der Waals surface area contributed by atoms with Crippen LogP contribution in [0.4, 0.5) is 39.5 Å². The Morgan fingerprint density at radius 1 is 0.800 bits per heavy atom. The van der Waals surface area contributed by atoms with Gasteiger partial charge in [-0.25, -0.2) is 21.6 Å². The SMILES string of the molecule is O=C(NC1CCC(c2ccc(C(OCc3c(F)cccc3F)(C(F)(F)F)C(F)(F)F)cc2)(S(=O)(=O)c2ccc(F)cc2)CC1)c1ccncc1. The van der Waals surface area contributed by atoms with E-state index in [0.29, 0.717) is 24.3 Å². The molecule has 6 nitrogen and oxygen atoms in total. The van der Waals surface area contributed by atoms with E-state index in [1.807, 2.05) is 0 Å². The molecule has 266 valence electrons. The average molecular weight is 731 g/mol. The van der Waals surface area contributed by atoms with Crippen molar-refractivity contribution in [1.82, 2.24) is 10.3 Å². The maximum atomic E-state index is 14.5. The molecule has 1 amide bonds. The highest BCUT2D eigenvalue weighted by Crippen LogP contribution is 2.54. The summed E-state index contributed by atoms with van der Waals surface area (Å²) in [4.78, 5) is 16.2. The van der Waals surface area contributed by atoms with Gasteiger partial charge in [0.05, 0.1) is 11.5 Å². The van der Waals surface area contributed by atoms with Crippen molar-refractivity contribution < 1.29 is 57.5 Å². The molecule has 4 aromatic rings. The molecule has 1 heterocycles. The minimum absolute atomic E-state index is 0.0331. The average Bonchev–Trinajstić information content (AvgIpc) is 3.06. The Kier molecular flexibility index (Phi) is 10.1. The molecule has 1 fully saturated rings. The van der Waals surface area contributed by atoms with Gasteiger partial charge in [0, 0.05) is 35.1 Å². The summed E-state index contributed by atoms with van der Waals surface area (Å²) in [5, 5.41) is 2.79. The van der Waals surface area contributed by atoms with E-state index in [0.717, 1.165) is 42.5 Å². The van der Waals surface area contributed by atoms with Crippen LogP contribution in [-0.2, 0) is 31.5 Å². The third kappa shape index (κ3) is 6.70. The van der Waals surface area contributed by atoms with Crippen molar-refractivity contribution in [1.29, 1.82) is 0 Å². The molecule has 1 aliphatic rings. The Balaban J connectivity index is 1.55. The third-order valence-corrected chi connectivity index (χ3v) is 11.4. The van der Waals surface area contributed by atoms with Crippen molar-refractivity contribution >= 4 is 15.7 Å². The summed E-state index contributed by atoms with van der Waals surface area (Å²) in [7, 11) is -4.51. The quantitative estimate of drug-likeness (QED) is 0.139. The molecule has 0 spiro atoms. The molecular formula is C34H27F9N2O4S. The van der Waals surface area contributed by atoms with Crippen LogP contribution in [0.5, 0.6) is 0 Å². The van der Waals surface area contributed by atoms with E-state index >= 15 is 0 Å². The van der Waals surface area contributed by atoms with E-state index in [-0.39, 0.29) is 41.7 Å². The summed E-state index contributed by atoms with van der Waals surface area (Å²) in [6, 6.07) is 10.7. The van der Waals surface area contributed by atoms with E-state index in [9.17, 15) is 52.7 Å². The Morgan fingerprint density at radius 2 is 1.34 bits per heavy atom. The predicted molar refractivity (Wildman–Crippen MR) is 161 cm³/mol. The molecule has 1 saturated carbocycles. The Labute approximate surface area is 280 Å². The largest absolute Gasteiger partial charge is 0.430 e. The van der Waals surface area contributed by atoms with E-state index in [2.05, 4.69) is 15.0 Å². The zero-order valence-electron chi connectivity index (χ0n) is 25.7. The standard InChI is InChI=1S/C34H27F9N2O4S/c35-24-8-10-26(11-9-24)50(47,48)31(16-12-25(13-17-31)45-30(46)21-14-18-44-19-15-21)22-4-6-23(7-5-22)32(33(38,39)40,34(41,42)43)49-20-27-28(36)2-1-3-29(27)37/h1-11,14-15,18-19,25H,12-13,16-17,20H2,(H,45,46). The third-order valence-electron chi connectivity index (χ3n) is 8.82. The molecule has 50 heavy (non-hydrogen) atoms. The van der Waals surface area contributed by atoms with Crippen LogP contribution in [0.2, 0.25) is 0 Å². The number of hydrogen-bond acceptors (Lipinski definition) is 5. The normalized spacial score (nSPS) is 18.9. The van der Waals surface area contributed by atoms with Gasteiger partial charge >= 0.3 is 12.4 Å². The van der Waals surface area contributed by atoms with Crippen LogP contribution in [0.25, 0.3) is 0 Å². The van der Waals surface area contributed by atoms with E-state index in [1.54, 1.807) is 0 Å². The summed E-state index contributed by atoms with van der Waals surface area (Å²) < 4.78 is 160. The van der Waals surface area contributed by atoms with Crippen LogP contribution in [0.3, 0.4) is 0 Å². The maximum Gasteiger partial charge on any atom is 0.430 e. The van der Waals surface area contributed by atoms with Gasteiger partial charge in [-0.15, -0.1) is 0 Å². The first-order valence-electron chi connectivity index (χ1n) is 15.0. The maximum absolute atomic E-state index is 14.5. The van der Waals surface area contributed by atoms with Crippen LogP contribution in [0, 0.1) is 17.5 Å². The second-order valence-electron chi connectivity index (χ2n) is 11.7. The number of sulfone groups is 1. The van der Waals surface area contributed by atoms with Gasteiger partial charge in [-0.1, -0.05) is 30.3 Å². The lowest BCUT2D eigenvalue weighted by molar-refractivity contribution is -0.392. The van der Waals surface area contributed by atoms with Gasteiger partial charge in [-0.3, -0.25) is 9.78 Å². The number of nitrogens with zero attached hydrogens (tertiary/aromatic N) is 1. The van der Waals surface area contributed by atoms with Crippen molar-refractivity contribution in [3.05, 3.63) is 131 Å². The molecule has 1 aliphatic carbocycles. The Hall–Kier alpha value is -4.44. The van der Waals surface area contributed by atoms with Gasteiger partial charge < -0.3 is 10.1 Å². The number of halogens is 9. The Bertz CT molecular complexity index is 1890. The fourth-order valence-electron chi connectivity index (χ4n) is 6.15. The molecule has 16 heteroatoms. The summed E-state index contributed by atoms with van der Waals surface area (Å²) in [6.07, 6.45) is -10.0. The van der Waals surface area contributed by atoms with Gasteiger partial charge in [0.15, 0.2) is 9.84 Å². The highest BCUT2D eigenvalue weighted by atomic mass is 32.2. The molecule has 3 aromatic carbocycles. The van der Waals surface area contributed by atoms with Gasteiger partial charge in [0.2, 0.25) is 0 Å². The number of carbonyl (C=O) groups is 1. The number of amides is 1. The minimum atomic E-state index is -6.21. The molecule has 0 radical (unpaired) electrons. The molecule has 0 bridgehead atoms. The predicted octanol–water partition coefficient (Wildman–Crippen LogP) is 8.08. The summed E-state index contributed by atoms with van der Waals surface area (Å²) in [5.74, 6) is -4.09. The van der Waals surface area contributed by atoms with Crippen molar-refractivity contribution in [2.24, 2.45) is 0 Å². The Morgan fingerprint density at radius 3 is 1.86 bits per heavy atom. The number of ether oxygens (including phenoxy) is 1. The van der Waals surface area contributed by atoms with Crippen LogP contribution in [0.15, 0.2) is 96.2 Å². The number of hydrogen-bond donors (Lipinski definition) is 1. The number of benzene rings is 3. The lowest BCUT2D eigenvalue weighted by atomic mass is 9.79. The van der Waals surface area contributed by atoms with Crippen molar-refractivity contribution in [2.45, 2.75) is 65.9 Å². The van der Waals surface area contributed by atoms with Gasteiger partial charge in [-0.2, -0.15) is 26.3 Å². The molecule has 0 aliphatic heterocycles. The molecular weight excluding hydrogens is 703 g/mol. The number of aromatic nitrogens is 1. The topological polar surface area (TPSA) is 85.4 Å². The highest BCUT2D eigenvalue weighted by molar-refractivity contribution is 7.92. The number of pyridine rings is 1. The van der Waals surface area contributed by atoms with E-state index < -0.39 is 79.7 Å². The smallest absolute Gasteiger partial charge is 0.349 e. The second kappa shape index (κ2) is 13.7. The van der Waals surface area contributed by atoms with Gasteiger partial charge in [0.1, 0.15) is 22.2 Å². The van der Waals surface area contributed by atoms with Crippen molar-refractivity contribution in [2.75, 3.05) is 0 Å². The van der Waals surface area contributed by atoms with Crippen LogP contribution < -0.4 is 5.32 Å². The summed E-state index contributed by atoms with van der Waals surface area (Å²) in [5.41, 5.74) is -7.66. The van der Waals surface area contributed by atoms with Crippen molar-refractivity contribution in [3.8, 4) is 0 Å². The fourth-order valence-corrected chi connectivity index (χ4v) is 8.31. The van der Waals surface area contributed by atoms with Crippen LogP contribution in [-0.4, -0.2) is 37.7 Å². The van der Waals surface area contributed by atoms with Crippen molar-refractivity contribution in [3.63, 3.8) is 0 Å².